The Kier molecular flexibility index (Phi) is 35.8. The number of ether oxygens (including phenoxy) is 6. The van der Waals surface area contributed by atoms with E-state index in [0.717, 1.165) is 120 Å². The van der Waals surface area contributed by atoms with Crippen molar-refractivity contribution in [1.29, 1.82) is 0 Å². The minimum absolute atomic E-state index is 0. The molecule has 0 heterocycles. The van der Waals surface area contributed by atoms with E-state index in [1.54, 1.807) is 48.2 Å². The van der Waals surface area contributed by atoms with E-state index in [1.165, 1.54) is 4.43 Å². The zero-order chi connectivity index (χ0) is 84.3. The Morgan fingerprint density at radius 1 is 0.415 bits per heavy atom. The highest BCUT2D eigenvalue weighted by Gasteiger charge is 2.33. The predicted octanol–water partition coefficient (Wildman–Crippen LogP) is 21.1. The Labute approximate surface area is 724 Å². The van der Waals surface area contributed by atoms with Crippen molar-refractivity contribution in [2.24, 2.45) is 0 Å². The maximum atomic E-state index is 13.3. The van der Waals surface area contributed by atoms with Crippen LogP contribution in [0.3, 0.4) is 0 Å². The van der Waals surface area contributed by atoms with Gasteiger partial charge in [-0.05, 0) is 301 Å². The van der Waals surface area contributed by atoms with E-state index in [0.29, 0.717) is 36.5 Å². The van der Waals surface area contributed by atoms with Crippen molar-refractivity contribution in [1.82, 2.24) is 14.2 Å². The topological polar surface area (TPSA) is 245 Å². The number of thioether (sulfide) groups is 1. The van der Waals surface area contributed by atoms with Gasteiger partial charge >= 0.3 is 17.9 Å². The van der Waals surface area contributed by atoms with Crippen LogP contribution in [0, 0.1) is 0 Å². The zero-order valence-corrected chi connectivity index (χ0v) is 75.4. The number of carbonyl (C=O) groups excluding carboxylic acids is 3. The van der Waals surface area contributed by atoms with Gasteiger partial charge in [-0.15, -0.1) is 11.8 Å². The first-order chi connectivity index (χ1) is 54.8. The quantitative estimate of drug-likeness (QED) is 0.0127. The Balaban J connectivity index is 0.000000238. The summed E-state index contributed by atoms with van der Waals surface area (Å²) in [4.78, 5) is 40.5. The highest BCUT2D eigenvalue weighted by atomic mass is 127. The summed E-state index contributed by atoms with van der Waals surface area (Å²) in [6.07, 6.45) is 12.9. The number of carbonyl (C=O) groups is 3. The van der Waals surface area contributed by atoms with E-state index in [1.807, 2.05) is 202 Å². The lowest BCUT2D eigenvalue weighted by atomic mass is 9.87. The standard InChI is InChI=1S/2C30H35NO5S2.C29H33NO5S2.C2H5I.2CH4/c2*1-30(2,3)36-29(32)20-35-28-14-8-11-25-26(28)12-7-13-27(25)31-38(33,34)24-17-15-21(16-18-24)22-9-6-10-23(19-22)37(4)5;1-29(2,3)35-28(31)19-34-27-13-7-10-24-25(27)11-6-12-26(24)30-37(32,33)23-16-14-20(15-17-23)21-8-5-9-22(18-21)36-4;1-2-3;;/h2*6,8-11,14-19,27,31H,4,7,12-13,20H2,1-3,5H3;5,7-10,13-18,26,30H,6,11-12,19H2,1-4H3;2H2,1H3;2*1H4/t2*27-,37?;26-;;;/m111.../s1. The third-order valence-electron chi connectivity index (χ3n) is 18.6. The average Bonchev–Trinajstić information content (AvgIpc) is 0.793. The van der Waals surface area contributed by atoms with Crippen molar-refractivity contribution in [3.63, 3.8) is 0 Å². The molecule has 5 atom stereocenters. The lowest BCUT2D eigenvalue weighted by Crippen LogP contribution is -2.31. The molecule has 636 valence electrons. The molecule has 0 radical (unpaired) electrons. The van der Waals surface area contributed by atoms with Crippen molar-refractivity contribution >= 4 is 115 Å². The summed E-state index contributed by atoms with van der Waals surface area (Å²) in [6, 6.07) is 60.9. The van der Waals surface area contributed by atoms with Crippen molar-refractivity contribution in [3.8, 4) is 50.6 Å². The minimum atomic E-state index is -3.76. The first-order valence-electron chi connectivity index (χ1n) is 38.4. The van der Waals surface area contributed by atoms with E-state index in [9.17, 15) is 39.6 Å². The number of fused-ring (bicyclic) bond motifs is 3. The van der Waals surface area contributed by atoms with Crippen LogP contribution in [0.1, 0.15) is 174 Å². The zero-order valence-electron chi connectivity index (χ0n) is 68.3. The summed E-state index contributed by atoms with van der Waals surface area (Å²) in [5, 5.41) is 0. The van der Waals surface area contributed by atoms with Crippen molar-refractivity contribution in [2.45, 2.75) is 206 Å². The van der Waals surface area contributed by atoms with Crippen LogP contribution in [-0.2, 0) is 77.9 Å². The van der Waals surface area contributed by atoms with Gasteiger partial charge in [0.05, 0.1) is 14.7 Å². The van der Waals surface area contributed by atoms with E-state index in [-0.39, 0.29) is 88.5 Å². The van der Waals surface area contributed by atoms with Crippen LogP contribution >= 0.6 is 55.3 Å². The number of nitrogens with one attached hydrogen (secondary N) is 3. The molecule has 118 heavy (non-hydrogen) atoms. The molecule has 0 amide bonds. The van der Waals surface area contributed by atoms with Gasteiger partial charge in [-0.2, -0.15) is 21.0 Å². The third-order valence-corrected chi connectivity index (χ3v) is 25.9. The van der Waals surface area contributed by atoms with Gasteiger partial charge < -0.3 is 28.4 Å². The molecule has 0 aliphatic heterocycles. The highest BCUT2D eigenvalue weighted by molar-refractivity contribution is 14.1. The molecule has 25 heteroatoms. The van der Waals surface area contributed by atoms with Crippen LogP contribution in [0.2, 0.25) is 0 Å². The molecule has 12 rings (SSSR count). The molecular formula is C93H116IN3O15S6. The van der Waals surface area contributed by atoms with Crippen LogP contribution in [-0.4, -0.2) is 115 Å². The molecule has 3 aliphatic rings. The predicted molar refractivity (Wildman–Crippen MR) is 495 cm³/mol. The van der Waals surface area contributed by atoms with Crippen molar-refractivity contribution in [3.05, 3.63) is 234 Å². The highest BCUT2D eigenvalue weighted by Crippen LogP contribution is 2.41. The number of hydrogen-bond donors (Lipinski definition) is 3. The fraction of sp³-hybridized carbons (Fsp3) is 0.366. The lowest BCUT2D eigenvalue weighted by molar-refractivity contribution is -0.158. The van der Waals surface area contributed by atoms with E-state index in [4.69, 9.17) is 28.4 Å². The molecule has 0 bridgehead atoms. The second-order valence-electron chi connectivity index (χ2n) is 31.2. The summed E-state index contributed by atoms with van der Waals surface area (Å²) in [7, 11) is -11.5. The van der Waals surface area contributed by atoms with Gasteiger partial charge in [-0.1, -0.05) is 165 Å². The molecule has 0 spiro atoms. The van der Waals surface area contributed by atoms with Crippen molar-refractivity contribution < 1.29 is 68.1 Å². The maximum absolute atomic E-state index is 13.3. The summed E-state index contributed by atoms with van der Waals surface area (Å²) in [6.45, 7) is 17.8. The van der Waals surface area contributed by atoms with Crippen LogP contribution in [0.15, 0.2) is 230 Å². The van der Waals surface area contributed by atoms with E-state index in [2.05, 4.69) is 98.3 Å². The van der Waals surface area contributed by atoms with E-state index >= 15 is 0 Å². The third kappa shape index (κ3) is 28.3. The first kappa shape index (κ1) is 97.2. The molecule has 3 N–H and O–H groups in total. The first-order valence-corrected chi connectivity index (χ1v) is 49.2. The van der Waals surface area contributed by atoms with Gasteiger partial charge in [0.25, 0.3) is 0 Å². The number of esters is 3. The maximum Gasteiger partial charge on any atom is 0.344 e. The number of benzene rings is 9. The molecule has 0 aromatic heterocycles. The van der Waals surface area contributed by atoms with Crippen LogP contribution in [0.5, 0.6) is 17.2 Å². The molecule has 18 nitrogen and oxygen atoms in total. The summed E-state index contributed by atoms with van der Waals surface area (Å²) in [5.41, 5.74) is 9.60. The Hall–Kier alpha value is -7.96. The van der Waals surface area contributed by atoms with E-state index < -0.39 is 64.8 Å². The molecule has 3 aliphatic carbocycles. The van der Waals surface area contributed by atoms with Gasteiger partial charge in [0, 0.05) is 32.8 Å². The smallest absolute Gasteiger partial charge is 0.344 e. The van der Waals surface area contributed by atoms with Gasteiger partial charge in [-0.25, -0.2) is 53.8 Å². The largest absolute Gasteiger partial charge is 0.482 e. The fourth-order valence-electron chi connectivity index (χ4n) is 13.6. The second kappa shape index (κ2) is 43.5. The molecule has 0 saturated carbocycles. The SMILES string of the molecule is C.C.C=S(C)c1cccc(-c2ccc(S(=O)(=O)N[C@@H]3CCCc4c(OCC(=O)OC(C)(C)C)cccc43)cc2)c1.C=S(C)c1cccc(-c2ccc(S(=O)(=O)N[C@@H]3CCCc4c(OCC(=O)OC(C)(C)C)cccc43)cc2)c1.CCI.CSc1cccc(-c2ccc(S(=O)(=O)N[C@@H]3CCCc4c(OCC(=O)OC(C)(C)C)cccc43)cc2)c1. The number of halogens is 1. The number of rotatable bonds is 24. The lowest BCUT2D eigenvalue weighted by Gasteiger charge is -2.28. The Morgan fingerprint density at radius 3 is 0.941 bits per heavy atom. The monoisotopic (exact) mass is 1830 g/mol. The molecule has 2 unspecified atom stereocenters. The van der Waals surface area contributed by atoms with Gasteiger partial charge in [0.1, 0.15) is 34.1 Å². The summed E-state index contributed by atoms with van der Waals surface area (Å²) < 4.78 is 123. The van der Waals surface area contributed by atoms with Gasteiger partial charge in [-0.3, -0.25) is 0 Å². The number of hydrogen-bond acceptors (Lipinski definition) is 16. The van der Waals surface area contributed by atoms with Gasteiger partial charge in [0.15, 0.2) is 19.8 Å². The number of alkyl halides is 1. The van der Waals surface area contributed by atoms with Crippen LogP contribution < -0.4 is 28.4 Å². The Bertz CT molecular complexity index is 5090. The summed E-state index contributed by atoms with van der Waals surface area (Å²) >= 11 is 3.96. The molecular weight excluding hydrogens is 1720 g/mol. The van der Waals surface area contributed by atoms with Gasteiger partial charge in [0.2, 0.25) is 30.1 Å². The summed E-state index contributed by atoms with van der Waals surface area (Å²) in [5.74, 6) is 8.64. The Morgan fingerprint density at radius 2 is 0.678 bits per heavy atom. The normalized spacial score (nSPS) is 15.6. The second-order valence-corrected chi connectivity index (χ2v) is 42.2. The number of sulfonamides is 3. The molecule has 9 aromatic carbocycles. The van der Waals surface area contributed by atoms with Crippen LogP contribution in [0.25, 0.3) is 33.4 Å². The molecule has 0 saturated heterocycles. The molecule has 0 fully saturated rings. The van der Waals surface area contributed by atoms with Crippen molar-refractivity contribution in [2.75, 3.05) is 43.0 Å². The fourth-order valence-corrected chi connectivity index (χ4v) is 19.1. The minimum Gasteiger partial charge on any atom is -0.482 e. The molecule has 9 aromatic rings. The van der Waals surface area contributed by atoms with Crippen LogP contribution in [0.4, 0.5) is 0 Å². The average molecular weight is 1840 g/mol.